The van der Waals surface area contributed by atoms with Crippen LogP contribution in [0.15, 0.2) is 99.9 Å². The summed E-state index contributed by atoms with van der Waals surface area (Å²) >= 11 is 7.27. The lowest BCUT2D eigenvalue weighted by atomic mass is 9.70. The third-order valence-corrected chi connectivity index (χ3v) is 9.65. The second kappa shape index (κ2) is 13.5. The molecule has 0 unspecified atom stereocenters. The van der Waals surface area contributed by atoms with Crippen molar-refractivity contribution in [2.24, 2.45) is 0 Å². The number of halogens is 2. The van der Waals surface area contributed by atoms with Crippen LogP contribution in [0.2, 0.25) is 0 Å². The van der Waals surface area contributed by atoms with E-state index >= 15 is 0 Å². The van der Waals surface area contributed by atoms with Crippen molar-refractivity contribution in [2.45, 2.75) is 83.5 Å². The Morgan fingerprint density at radius 2 is 1.02 bits per heavy atom. The van der Waals surface area contributed by atoms with Gasteiger partial charge in [-0.05, 0) is 95.8 Å². The van der Waals surface area contributed by atoms with Gasteiger partial charge in [0.2, 0.25) is 0 Å². The van der Waals surface area contributed by atoms with Crippen LogP contribution in [0, 0.1) is 0 Å². The molecule has 0 spiro atoms. The largest absolute Gasteiger partial charge is 0.310 e. The van der Waals surface area contributed by atoms with Gasteiger partial charge in [0, 0.05) is 31.4 Å². The van der Waals surface area contributed by atoms with Crippen molar-refractivity contribution in [1.29, 1.82) is 0 Å². The molecular weight excluding hydrogens is 618 g/mol. The molecule has 0 saturated carbocycles. The second-order valence-electron chi connectivity index (χ2n) is 11.3. The van der Waals surface area contributed by atoms with E-state index in [0.29, 0.717) is 0 Å². The van der Waals surface area contributed by atoms with Gasteiger partial charge in [0.1, 0.15) is 0 Å². The lowest BCUT2D eigenvalue weighted by Gasteiger charge is -2.34. The number of benzene rings is 4. The van der Waals surface area contributed by atoms with Gasteiger partial charge in [0.05, 0.1) is 0 Å². The Kier molecular flexibility index (Phi) is 9.86. The Morgan fingerprint density at radius 1 is 0.525 bits per heavy atom. The summed E-state index contributed by atoms with van der Waals surface area (Å²) in [6.45, 7) is 4.62. The van der Waals surface area contributed by atoms with Crippen molar-refractivity contribution in [2.75, 3.05) is 4.90 Å². The van der Waals surface area contributed by atoms with Gasteiger partial charge in [-0.3, -0.25) is 0 Å². The molecule has 0 aromatic heterocycles. The van der Waals surface area contributed by atoms with E-state index in [9.17, 15) is 0 Å². The predicted octanol–water partition coefficient (Wildman–Crippen LogP) is 12.9. The van der Waals surface area contributed by atoms with Crippen LogP contribution >= 0.6 is 31.9 Å². The Labute approximate surface area is 258 Å². The lowest BCUT2D eigenvalue weighted by molar-refractivity contribution is 0.401. The summed E-state index contributed by atoms with van der Waals surface area (Å²) in [7, 11) is 0. The van der Waals surface area contributed by atoms with E-state index in [2.05, 4.69) is 142 Å². The van der Waals surface area contributed by atoms with Crippen molar-refractivity contribution >= 4 is 48.9 Å². The van der Waals surface area contributed by atoms with Gasteiger partial charge in [-0.25, -0.2) is 0 Å². The number of hydrogen-bond donors (Lipinski definition) is 0. The Balaban J connectivity index is 1.64. The Morgan fingerprint density at radius 3 is 1.57 bits per heavy atom. The van der Waals surface area contributed by atoms with Gasteiger partial charge in [0.15, 0.2) is 0 Å². The molecule has 1 nitrogen and oxygen atoms in total. The highest BCUT2D eigenvalue weighted by Crippen LogP contribution is 2.55. The zero-order valence-electron chi connectivity index (χ0n) is 23.9. The van der Waals surface area contributed by atoms with Crippen LogP contribution in [0.4, 0.5) is 17.1 Å². The average Bonchev–Trinajstić information content (AvgIpc) is 3.25. The minimum absolute atomic E-state index is 0.0779. The number of anilines is 3. The molecule has 0 aliphatic heterocycles. The van der Waals surface area contributed by atoms with Crippen molar-refractivity contribution < 1.29 is 0 Å². The average molecular weight is 660 g/mol. The summed E-state index contributed by atoms with van der Waals surface area (Å²) < 4.78 is 2.18. The summed E-state index contributed by atoms with van der Waals surface area (Å²) in [5.74, 6) is 0. The lowest BCUT2D eigenvalue weighted by Crippen LogP contribution is -2.26. The van der Waals surface area contributed by atoms with Gasteiger partial charge in [-0.1, -0.05) is 127 Å². The molecule has 0 fully saturated rings. The molecule has 208 valence electrons. The van der Waals surface area contributed by atoms with Gasteiger partial charge < -0.3 is 4.90 Å². The van der Waals surface area contributed by atoms with Crippen LogP contribution in [0.5, 0.6) is 0 Å². The second-order valence-corrected chi connectivity index (χ2v) is 13.1. The van der Waals surface area contributed by atoms with Crippen LogP contribution in [-0.2, 0) is 5.41 Å². The van der Waals surface area contributed by atoms with Crippen molar-refractivity contribution in [3.8, 4) is 11.1 Å². The Bertz CT molecular complexity index is 1330. The Hall–Kier alpha value is -2.36. The van der Waals surface area contributed by atoms with Crippen LogP contribution in [0.3, 0.4) is 0 Å². The molecule has 1 aliphatic carbocycles. The molecule has 0 atom stereocenters. The number of nitrogens with zero attached hydrogens (tertiary/aromatic N) is 1. The van der Waals surface area contributed by atoms with E-state index in [1.54, 1.807) is 5.56 Å². The van der Waals surface area contributed by atoms with Crippen LogP contribution < -0.4 is 4.90 Å². The standard InChI is InChI=1S/C37H41Br2N/c1-3-5-7-11-25-37(26-12-8-6-4-2)35-14-10-9-13-33(35)34-24-23-32(27-36(34)37)40(30-19-15-28(38)16-20-30)31-21-17-29(39)18-22-31/h9-10,13-24,27H,3-8,11-12,25-26H2,1-2H3. The number of rotatable bonds is 13. The maximum Gasteiger partial charge on any atom is 0.0465 e. The molecule has 5 rings (SSSR count). The zero-order valence-corrected chi connectivity index (χ0v) is 27.1. The molecule has 3 heteroatoms. The SMILES string of the molecule is CCCCCCC1(CCCCCC)c2ccccc2-c2ccc(N(c3ccc(Br)cc3)c3ccc(Br)cc3)cc21. The smallest absolute Gasteiger partial charge is 0.0465 e. The molecular formula is C37H41Br2N. The zero-order chi connectivity index (χ0) is 28.0. The van der Waals surface area contributed by atoms with Crippen LogP contribution in [0.1, 0.15) is 89.2 Å². The van der Waals surface area contributed by atoms with Crippen LogP contribution in [-0.4, -0.2) is 0 Å². The molecule has 0 radical (unpaired) electrons. The molecule has 4 aromatic carbocycles. The number of fused-ring (bicyclic) bond motifs is 3. The summed E-state index contributed by atoms with van der Waals surface area (Å²) in [6.07, 6.45) is 12.8. The summed E-state index contributed by atoms with van der Waals surface area (Å²) in [5, 5.41) is 0. The minimum Gasteiger partial charge on any atom is -0.310 e. The molecule has 0 amide bonds. The minimum atomic E-state index is 0.0779. The first-order valence-electron chi connectivity index (χ1n) is 15.1. The summed E-state index contributed by atoms with van der Waals surface area (Å²) in [4.78, 5) is 2.40. The third-order valence-electron chi connectivity index (χ3n) is 8.59. The fourth-order valence-electron chi connectivity index (χ4n) is 6.58. The first-order chi connectivity index (χ1) is 19.6. The topological polar surface area (TPSA) is 3.24 Å². The fourth-order valence-corrected chi connectivity index (χ4v) is 7.11. The normalized spacial score (nSPS) is 13.2. The number of hydrogen-bond acceptors (Lipinski definition) is 1. The van der Waals surface area contributed by atoms with Gasteiger partial charge in [-0.2, -0.15) is 0 Å². The fraction of sp³-hybridized carbons (Fsp3) is 0.351. The van der Waals surface area contributed by atoms with E-state index in [1.807, 2.05) is 0 Å². The summed E-state index contributed by atoms with van der Waals surface area (Å²) in [6, 6.07) is 33.9. The van der Waals surface area contributed by atoms with E-state index in [-0.39, 0.29) is 5.41 Å². The predicted molar refractivity (Wildman–Crippen MR) is 180 cm³/mol. The highest BCUT2D eigenvalue weighted by Gasteiger charge is 2.42. The van der Waals surface area contributed by atoms with Crippen LogP contribution in [0.25, 0.3) is 11.1 Å². The summed E-state index contributed by atoms with van der Waals surface area (Å²) in [5.41, 5.74) is 9.57. The quantitative estimate of drug-likeness (QED) is 0.129. The molecule has 1 aliphatic rings. The first kappa shape index (κ1) is 29.1. The highest BCUT2D eigenvalue weighted by molar-refractivity contribution is 9.10. The molecule has 4 aromatic rings. The maximum absolute atomic E-state index is 3.63. The first-order valence-corrected chi connectivity index (χ1v) is 16.7. The third kappa shape index (κ3) is 6.11. The van der Waals surface area contributed by atoms with Gasteiger partial charge in [-0.15, -0.1) is 0 Å². The van der Waals surface area contributed by atoms with Gasteiger partial charge >= 0.3 is 0 Å². The van der Waals surface area contributed by atoms with Crippen molar-refractivity contribution in [3.63, 3.8) is 0 Å². The maximum atomic E-state index is 3.63. The van der Waals surface area contributed by atoms with E-state index in [4.69, 9.17) is 0 Å². The molecule has 40 heavy (non-hydrogen) atoms. The number of unbranched alkanes of at least 4 members (excludes halogenated alkanes) is 6. The highest BCUT2D eigenvalue weighted by atomic mass is 79.9. The molecule has 0 saturated heterocycles. The van der Waals surface area contributed by atoms with Crippen molar-refractivity contribution in [1.82, 2.24) is 0 Å². The monoisotopic (exact) mass is 657 g/mol. The van der Waals surface area contributed by atoms with Crippen molar-refractivity contribution in [3.05, 3.63) is 111 Å². The molecule has 0 N–H and O–H groups in total. The molecule has 0 bridgehead atoms. The van der Waals surface area contributed by atoms with E-state index in [1.165, 1.54) is 86.6 Å². The van der Waals surface area contributed by atoms with E-state index in [0.717, 1.165) is 20.3 Å². The van der Waals surface area contributed by atoms with E-state index < -0.39 is 0 Å². The molecule has 0 heterocycles. The van der Waals surface area contributed by atoms with Gasteiger partial charge in [0.25, 0.3) is 0 Å².